The zero-order chi connectivity index (χ0) is 11.1. The Morgan fingerprint density at radius 3 is 1.80 bits per heavy atom. The van der Waals surface area contributed by atoms with Gasteiger partial charge in [0.1, 0.15) is 29.7 Å². The summed E-state index contributed by atoms with van der Waals surface area (Å²) in [6.07, 6.45) is 0. The molecule has 0 saturated carbocycles. The first-order valence-electron chi connectivity index (χ1n) is 4.45. The molecule has 0 aliphatic rings. The number of hydrogen-bond donors (Lipinski definition) is 0. The first kappa shape index (κ1) is 12.8. The highest BCUT2D eigenvalue weighted by Gasteiger charge is 2.07. The molecule has 1 rings (SSSR count). The third-order valence-electron chi connectivity index (χ3n) is 1.60. The molecule has 0 atom stereocenters. The minimum atomic E-state index is 0.417. The van der Waals surface area contributed by atoms with Gasteiger partial charge in [0.2, 0.25) is 0 Å². The van der Waals surface area contributed by atoms with Gasteiger partial charge >= 0.3 is 0 Å². The predicted octanol–water partition coefficient (Wildman–Crippen LogP) is 3.58. The fraction of sp³-hybridized carbons (Fsp3) is 0.400. The molecule has 0 unspecified atom stereocenters. The Balaban J connectivity index is 2.71. The maximum absolute atomic E-state index is 6.04. The molecular formula is C10H11Cl3O2. The summed E-state index contributed by atoms with van der Waals surface area (Å²) in [5, 5.41) is 0.452. The van der Waals surface area contributed by atoms with E-state index in [0.29, 0.717) is 41.5 Å². The summed E-state index contributed by atoms with van der Waals surface area (Å²) in [6, 6.07) is 5.34. The van der Waals surface area contributed by atoms with Crippen molar-refractivity contribution in [3.05, 3.63) is 23.2 Å². The van der Waals surface area contributed by atoms with Crippen molar-refractivity contribution in [1.29, 1.82) is 0 Å². The van der Waals surface area contributed by atoms with Crippen LogP contribution in [0, 0.1) is 0 Å². The van der Waals surface area contributed by atoms with E-state index < -0.39 is 0 Å². The van der Waals surface area contributed by atoms with Crippen LogP contribution < -0.4 is 9.47 Å². The topological polar surface area (TPSA) is 18.5 Å². The van der Waals surface area contributed by atoms with E-state index in [0.717, 1.165) is 0 Å². The first-order chi connectivity index (χ1) is 7.29. The molecule has 1 aromatic carbocycles. The van der Waals surface area contributed by atoms with Crippen LogP contribution in [0.3, 0.4) is 0 Å². The summed E-state index contributed by atoms with van der Waals surface area (Å²) in [6.45, 7) is 0.834. The van der Waals surface area contributed by atoms with Gasteiger partial charge in [-0.2, -0.15) is 0 Å². The highest BCUT2D eigenvalue weighted by Crippen LogP contribution is 2.33. The standard InChI is InChI=1S/C10H11Cl3O2/c11-4-6-14-8-2-1-3-9(10(8)13)15-7-5-12/h1-3H,4-7H2. The molecule has 0 aromatic heterocycles. The van der Waals surface area contributed by atoms with Gasteiger partial charge in [0.15, 0.2) is 0 Å². The number of alkyl halides is 2. The Morgan fingerprint density at radius 2 is 1.40 bits per heavy atom. The van der Waals surface area contributed by atoms with E-state index >= 15 is 0 Å². The molecule has 0 bridgehead atoms. The van der Waals surface area contributed by atoms with Gasteiger partial charge in [-0.1, -0.05) is 17.7 Å². The molecule has 1 aromatic rings. The van der Waals surface area contributed by atoms with Crippen molar-refractivity contribution in [3.63, 3.8) is 0 Å². The van der Waals surface area contributed by atoms with Crippen molar-refractivity contribution < 1.29 is 9.47 Å². The third-order valence-corrected chi connectivity index (χ3v) is 2.28. The number of rotatable bonds is 6. The highest BCUT2D eigenvalue weighted by atomic mass is 35.5. The number of hydrogen-bond acceptors (Lipinski definition) is 2. The van der Waals surface area contributed by atoms with E-state index in [4.69, 9.17) is 44.3 Å². The lowest BCUT2D eigenvalue weighted by Gasteiger charge is -2.10. The van der Waals surface area contributed by atoms with E-state index in [1.54, 1.807) is 18.2 Å². The van der Waals surface area contributed by atoms with Crippen LogP contribution in [0.4, 0.5) is 0 Å². The second-order valence-electron chi connectivity index (χ2n) is 2.64. The minimum absolute atomic E-state index is 0.417. The molecule has 15 heavy (non-hydrogen) atoms. The van der Waals surface area contributed by atoms with Crippen LogP contribution >= 0.6 is 34.8 Å². The lowest BCUT2D eigenvalue weighted by Crippen LogP contribution is -2.01. The Hall–Kier alpha value is -0.310. The van der Waals surface area contributed by atoms with E-state index in [2.05, 4.69) is 0 Å². The Morgan fingerprint density at radius 1 is 0.933 bits per heavy atom. The summed E-state index contributed by atoms with van der Waals surface area (Å²) >= 11 is 17.1. The summed E-state index contributed by atoms with van der Waals surface area (Å²) in [4.78, 5) is 0. The van der Waals surface area contributed by atoms with Crippen LogP contribution in [-0.4, -0.2) is 25.0 Å². The summed E-state index contributed by atoms with van der Waals surface area (Å²) < 4.78 is 10.7. The zero-order valence-electron chi connectivity index (χ0n) is 8.01. The quantitative estimate of drug-likeness (QED) is 0.735. The predicted molar refractivity (Wildman–Crippen MR) is 63.9 cm³/mol. The minimum Gasteiger partial charge on any atom is -0.491 e. The summed E-state index contributed by atoms with van der Waals surface area (Å²) in [5.74, 6) is 1.99. The number of benzene rings is 1. The van der Waals surface area contributed by atoms with Crippen molar-refractivity contribution in [3.8, 4) is 11.5 Å². The molecule has 84 valence electrons. The highest BCUT2D eigenvalue weighted by molar-refractivity contribution is 6.33. The second-order valence-corrected chi connectivity index (χ2v) is 3.78. The van der Waals surface area contributed by atoms with Crippen molar-refractivity contribution >= 4 is 34.8 Å². The molecule has 0 radical (unpaired) electrons. The van der Waals surface area contributed by atoms with Gasteiger partial charge < -0.3 is 9.47 Å². The van der Waals surface area contributed by atoms with Gasteiger partial charge in [-0.3, -0.25) is 0 Å². The third kappa shape index (κ3) is 3.98. The van der Waals surface area contributed by atoms with E-state index in [1.807, 2.05) is 0 Å². The van der Waals surface area contributed by atoms with Gasteiger partial charge in [-0.15, -0.1) is 23.2 Å². The van der Waals surface area contributed by atoms with Gasteiger partial charge in [0.25, 0.3) is 0 Å². The molecule has 0 heterocycles. The van der Waals surface area contributed by atoms with Crippen LogP contribution in [0.15, 0.2) is 18.2 Å². The monoisotopic (exact) mass is 268 g/mol. The van der Waals surface area contributed by atoms with Crippen LogP contribution in [0.1, 0.15) is 0 Å². The zero-order valence-corrected chi connectivity index (χ0v) is 10.3. The van der Waals surface area contributed by atoms with Crippen LogP contribution in [-0.2, 0) is 0 Å². The Bertz CT molecular complexity index is 278. The van der Waals surface area contributed by atoms with Gasteiger partial charge in [0, 0.05) is 0 Å². The van der Waals surface area contributed by atoms with E-state index in [1.165, 1.54) is 0 Å². The van der Waals surface area contributed by atoms with Crippen LogP contribution in [0.25, 0.3) is 0 Å². The molecule has 0 spiro atoms. The molecular weight excluding hydrogens is 258 g/mol. The maximum Gasteiger partial charge on any atom is 0.141 e. The smallest absolute Gasteiger partial charge is 0.141 e. The lowest BCUT2D eigenvalue weighted by molar-refractivity contribution is 0.326. The van der Waals surface area contributed by atoms with Crippen molar-refractivity contribution in [2.75, 3.05) is 25.0 Å². The molecule has 2 nitrogen and oxygen atoms in total. The molecule has 0 aliphatic carbocycles. The maximum atomic E-state index is 6.04. The Kier molecular flexibility index (Phi) is 5.99. The van der Waals surface area contributed by atoms with Crippen molar-refractivity contribution in [1.82, 2.24) is 0 Å². The van der Waals surface area contributed by atoms with Gasteiger partial charge in [-0.05, 0) is 12.1 Å². The lowest BCUT2D eigenvalue weighted by atomic mass is 10.3. The second kappa shape index (κ2) is 7.04. The number of halogens is 3. The summed E-state index contributed by atoms with van der Waals surface area (Å²) in [7, 11) is 0. The first-order valence-corrected chi connectivity index (χ1v) is 5.90. The average molecular weight is 270 g/mol. The molecule has 0 fully saturated rings. The van der Waals surface area contributed by atoms with Crippen LogP contribution in [0.5, 0.6) is 11.5 Å². The van der Waals surface area contributed by atoms with Crippen molar-refractivity contribution in [2.45, 2.75) is 0 Å². The van der Waals surface area contributed by atoms with Gasteiger partial charge in [0.05, 0.1) is 11.8 Å². The normalized spacial score (nSPS) is 10.1. The molecule has 0 saturated heterocycles. The Labute approximate surface area is 104 Å². The van der Waals surface area contributed by atoms with Crippen LogP contribution in [0.2, 0.25) is 5.02 Å². The molecule has 0 amide bonds. The van der Waals surface area contributed by atoms with E-state index in [9.17, 15) is 0 Å². The van der Waals surface area contributed by atoms with E-state index in [-0.39, 0.29) is 0 Å². The number of ether oxygens (including phenoxy) is 2. The molecule has 0 aliphatic heterocycles. The SMILES string of the molecule is ClCCOc1cccc(OCCCl)c1Cl. The fourth-order valence-electron chi connectivity index (χ4n) is 1.01. The molecule has 0 N–H and O–H groups in total. The average Bonchev–Trinajstić information content (AvgIpc) is 2.26. The molecule has 5 heteroatoms. The van der Waals surface area contributed by atoms with Crippen molar-refractivity contribution in [2.24, 2.45) is 0 Å². The van der Waals surface area contributed by atoms with Gasteiger partial charge in [-0.25, -0.2) is 0 Å². The largest absolute Gasteiger partial charge is 0.491 e. The summed E-state index contributed by atoms with van der Waals surface area (Å²) in [5.41, 5.74) is 0. The fourth-order valence-corrected chi connectivity index (χ4v) is 1.40.